The molecular formula is C19H21N3O3. The maximum Gasteiger partial charge on any atom is 0.329 e. The average Bonchev–Trinajstić information content (AvgIpc) is 2.62. The van der Waals surface area contributed by atoms with Gasteiger partial charge in [-0.2, -0.15) is 5.10 Å². The minimum absolute atomic E-state index is 0.451. The molecule has 2 amide bonds. The zero-order chi connectivity index (χ0) is 18.2. The van der Waals surface area contributed by atoms with E-state index in [1.54, 1.807) is 31.4 Å². The van der Waals surface area contributed by atoms with Crippen LogP contribution in [-0.4, -0.2) is 25.1 Å². The summed E-state index contributed by atoms with van der Waals surface area (Å²) in [6, 6.07) is 14.5. The Morgan fingerprint density at radius 3 is 2.20 bits per heavy atom. The number of benzene rings is 2. The molecule has 6 heteroatoms. The number of methoxy groups -OCH3 is 1. The van der Waals surface area contributed by atoms with Gasteiger partial charge in [0, 0.05) is 5.69 Å². The Balaban J connectivity index is 1.86. The molecule has 0 aliphatic heterocycles. The lowest BCUT2D eigenvalue weighted by Gasteiger charge is -2.05. The molecule has 0 atom stereocenters. The van der Waals surface area contributed by atoms with Gasteiger partial charge in [-0.05, 0) is 41.3 Å². The molecule has 6 nitrogen and oxygen atoms in total. The zero-order valence-corrected chi connectivity index (χ0v) is 14.4. The number of carbonyl (C=O) groups is 2. The Morgan fingerprint density at radius 2 is 1.64 bits per heavy atom. The Morgan fingerprint density at radius 1 is 1.00 bits per heavy atom. The first-order valence-corrected chi connectivity index (χ1v) is 7.88. The second-order valence-corrected chi connectivity index (χ2v) is 5.70. The number of rotatable bonds is 5. The predicted octanol–water partition coefficient (Wildman–Crippen LogP) is 2.91. The number of nitrogens with one attached hydrogen (secondary N) is 2. The SMILES string of the molecule is COc1ccc(NC(=O)C(=O)N/N=C\c2ccc(C(C)C)cc2)cc1. The predicted molar refractivity (Wildman–Crippen MR) is 97.9 cm³/mol. The van der Waals surface area contributed by atoms with Crippen molar-refractivity contribution >= 4 is 23.7 Å². The van der Waals surface area contributed by atoms with Crippen LogP contribution in [0, 0.1) is 0 Å². The number of nitrogens with zero attached hydrogens (tertiary/aromatic N) is 1. The van der Waals surface area contributed by atoms with E-state index in [0.29, 0.717) is 17.4 Å². The van der Waals surface area contributed by atoms with E-state index in [-0.39, 0.29) is 0 Å². The highest BCUT2D eigenvalue weighted by atomic mass is 16.5. The van der Waals surface area contributed by atoms with Gasteiger partial charge < -0.3 is 10.1 Å². The molecule has 2 aromatic rings. The normalized spacial score (nSPS) is 10.7. The molecule has 0 radical (unpaired) electrons. The minimum atomic E-state index is -0.842. The van der Waals surface area contributed by atoms with Crippen LogP contribution < -0.4 is 15.5 Å². The Bertz CT molecular complexity index is 750. The van der Waals surface area contributed by atoms with E-state index in [9.17, 15) is 9.59 Å². The average molecular weight is 339 g/mol. The number of hydrogen-bond donors (Lipinski definition) is 2. The van der Waals surface area contributed by atoms with Gasteiger partial charge in [0.25, 0.3) is 0 Å². The van der Waals surface area contributed by atoms with Crippen molar-refractivity contribution in [1.29, 1.82) is 0 Å². The molecule has 25 heavy (non-hydrogen) atoms. The van der Waals surface area contributed by atoms with Gasteiger partial charge in [0.2, 0.25) is 0 Å². The number of anilines is 1. The molecule has 0 aliphatic rings. The third-order valence-corrected chi connectivity index (χ3v) is 3.54. The van der Waals surface area contributed by atoms with Crippen molar-refractivity contribution in [2.45, 2.75) is 19.8 Å². The van der Waals surface area contributed by atoms with Crippen LogP contribution in [0.5, 0.6) is 5.75 Å². The van der Waals surface area contributed by atoms with Crippen molar-refractivity contribution in [3.63, 3.8) is 0 Å². The van der Waals surface area contributed by atoms with E-state index in [2.05, 4.69) is 29.7 Å². The highest BCUT2D eigenvalue weighted by molar-refractivity contribution is 6.39. The van der Waals surface area contributed by atoms with Crippen LogP contribution in [0.1, 0.15) is 30.9 Å². The fourth-order valence-electron chi connectivity index (χ4n) is 2.05. The summed E-state index contributed by atoms with van der Waals surface area (Å²) in [5, 5.41) is 6.28. The maximum absolute atomic E-state index is 11.8. The fraction of sp³-hybridized carbons (Fsp3) is 0.211. The zero-order valence-electron chi connectivity index (χ0n) is 14.4. The largest absolute Gasteiger partial charge is 0.497 e. The van der Waals surface area contributed by atoms with E-state index < -0.39 is 11.8 Å². The fourth-order valence-corrected chi connectivity index (χ4v) is 2.05. The lowest BCUT2D eigenvalue weighted by atomic mass is 10.0. The monoisotopic (exact) mass is 339 g/mol. The van der Waals surface area contributed by atoms with Gasteiger partial charge in [0.05, 0.1) is 13.3 Å². The summed E-state index contributed by atoms with van der Waals surface area (Å²) in [6.45, 7) is 4.23. The molecule has 0 aliphatic carbocycles. The summed E-state index contributed by atoms with van der Waals surface area (Å²) < 4.78 is 5.03. The Labute approximate surface area is 146 Å². The molecule has 0 aromatic heterocycles. The van der Waals surface area contributed by atoms with Crippen molar-refractivity contribution in [2.75, 3.05) is 12.4 Å². The summed E-state index contributed by atoms with van der Waals surface area (Å²) in [5.41, 5.74) is 4.76. The van der Waals surface area contributed by atoms with Crippen LogP contribution in [0.2, 0.25) is 0 Å². The lowest BCUT2D eigenvalue weighted by Crippen LogP contribution is -2.32. The molecule has 0 heterocycles. The van der Waals surface area contributed by atoms with Gasteiger partial charge in [0.1, 0.15) is 5.75 Å². The van der Waals surface area contributed by atoms with Crippen molar-refractivity contribution < 1.29 is 14.3 Å². The molecule has 0 saturated carbocycles. The quantitative estimate of drug-likeness (QED) is 0.499. The second-order valence-electron chi connectivity index (χ2n) is 5.70. The van der Waals surface area contributed by atoms with E-state index in [1.807, 2.05) is 24.3 Å². The number of carbonyl (C=O) groups excluding carboxylic acids is 2. The lowest BCUT2D eigenvalue weighted by molar-refractivity contribution is -0.136. The first-order chi connectivity index (χ1) is 12.0. The molecule has 0 bridgehead atoms. The van der Waals surface area contributed by atoms with Gasteiger partial charge in [-0.15, -0.1) is 0 Å². The highest BCUT2D eigenvalue weighted by Gasteiger charge is 2.12. The second kappa shape index (κ2) is 8.63. The van der Waals surface area contributed by atoms with Crippen molar-refractivity contribution in [1.82, 2.24) is 5.43 Å². The molecule has 130 valence electrons. The van der Waals surface area contributed by atoms with E-state index in [1.165, 1.54) is 11.8 Å². The molecule has 2 N–H and O–H groups in total. The van der Waals surface area contributed by atoms with Crippen LogP contribution in [-0.2, 0) is 9.59 Å². The molecule has 0 fully saturated rings. The van der Waals surface area contributed by atoms with Gasteiger partial charge in [-0.3, -0.25) is 9.59 Å². The highest BCUT2D eigenvalue weighted by Crippen LogP contribution is 2.15. The van der Waals surface area contributed by atoms with E-state index in [0.717, 1.165) is 5.56 Å². The summed E-state index contributed by atoms with van der Waals surface area (Å²) in [6.07, 6.45) is 1.49. The third kappa shape index (κ3) is 5.46. The first-order valence-electron chi connectivity index (χ1n) is 7.88. The van der Waals surface area contributed by atoms with Crippen LogP contribution >= 0.6 is 0 Å². The van der Waals surface area contributed by atoms with Crippen molar-refractivity contribution in [3.8, 4) is 5.75 Å². The number of hydrazone groups is 1. The maximum atomic E-state index is 11.8. The molecule has 0 unspecified atom stereocenters. The molecular weight excluding hydrogens is 318 g/mol. The number of ether oxygens (including phenoxy) is 1. The molecule has 0 saturated heterocycles. The number of hydrogen-bond acceptors (Lipinski definition) is 4. The van der Waals surface area contributed by atoms with Crippen LogP contribution in [0.3, 0.4) is 0 Å². The standard InChI is InChI=1S/C19H21N3O3/c1-13(2)15-6-4-14(5-7-15)12-20-22-19(24)18(23)21-16-8-10-17(25-3)11-9-16/h4-13H,1-3H3,(H,21,23)(H,22,24)/b20-12-. The van der Waals surface area contributed by atoms with Gasteiger partial charge >= 0.3 is 11.8 Å². The van der Waals surface area contributed by atoms with E-state index in [4.69, 9.17) is 4.74 Å². The minimum Gasteiger partial charge on any atom is -0.497 e. The molecule has 2 rings (SSSR count). The Hall–Kier alpha value is -3.15. The Kier molecular flexibility index (Phi) is 6.28. The van der Waals surface area contributed by atoms with Crippen molar-refractivity contribution in [2.24, 2.45) is 5.10 Å². The first kappa shape index (κ1) is 18.2. The smallest absolute Gasteiger partial charge is 0.329 e. The summed E-state index contributed by atoms with van der Waals surface area (Å²) in [4.78, 5) is 23.5. The molecule has 2 aromatic carbocycles. The summed E-state index contributed by atoms with van der Waals surface area (Å²) in [5.74, 6) is -0.522. The van der Waals surface area contributed by atoms with Gasteiger partial charge in [0.15, 0.2) is 0 Å². The summed E-state index contributed by atoms with van der Waals surface area (Å²) in [7, 11) is 1.55. The van der Waals surface area contributed by atoms with Crippen LogP contribution in [0.25, 0.3) is 0 Å². The van der Waals surface area contributed by atoms with Crippen LogP contribution in [0.4, 0.5) is 5.69 Å². The van der Waals surface area contributed by atoms with E-state index >= 15 is 0 Å². The summed E-state index contributed by atoms with van der Waals surface area (Å²) >= 11 is 0. The van der Waals surface area contributed by atoms with Crippen molar-refractivity contribution in [3.05, 3.63) is 59.7 Å². The number of amides is 2. The van der Waals surface area contributed by atoms with Crippen LogP contribution in [0.15, 0.2) is 53.6 Å². The molecule has 0 spiro atoms. The van der Waals surface area contributed by atoms with Gasteiger partial charge in [-0.25, -0.2) is 5.43 Å². The van der Waals surface area contributed by atoms with Gasteiger partial charge in [-0.1, -0.05) is 38.1 Å². The topological polar surface area (TPSA) is 79.8 Å². The third-order valence-electron chi connectivity index (χ3n) is 3.54.